The summed E-state index contributed by atoms with van der Waals surface area (Å²) in [6.45, 7) is 0. The van der Waals surface area contributed by atoms with Gasteiger partial charge in [0.2, 0.25) is 0 Å². The van der Waals surface area contributed by atoms with Crippen molar-refractivity contribution in [3.8, 4) is 0 Å². The Bertz CT molecular complexity index is 250. The Hall–Kier alpha value is -0.920. The minimum absolute atomic E-state index is 0.266. The van der Waals surface area contributed by atoms with E-state index in [1.165, 1.54) is 0 Å². The van der Waals surface area contributed by atoms with Crippen LogP contribution in [0.2, 0.25) is 0 Å². The van der Waals surface area contributed by atoms with E-state index in [-0.39, 0.29) is 17.5 Å². The molecule has 2 rings (SSSR count). The van der Waals surface area contributed by atoms with Gasteiger partial charge in [0.15, 0.2) is 5.78 Å². The molecule has 0 amide bonds. The summed E-state index contributed by atoms with van der Waals surface area (Å²) in [7, 11) is 0. The number of carbonyl (C=O) groups excluding carboxylic acids is 2. The van der Waals surface area contributed by atoms with Gasteiger partial charge in [0.1, 0.15) is 5.78 Å². The van der Waals surface area contributed by atoms with Crippen LogP contribution in [0.5, 0.6) is 0 Å². The van der Waals surface area contributed by atoms with Gasteiger partial charge in [0.25, 0.3) is 0 Å². The second kappa shape index (κ2) is 2.29. The first-order valence-corrected chi connectivity index (χ1v) is 4.02. The van der Waals surface area contributed by atoms with Crippen LogP contribution in [0.15, 0.2) is 11.6 Å². The highest BCUT2D eigenvalue weighted by atomic mass is 16.1. The van der Waals surface area contributed by atoms with Crippen molar-refractivity contribution >= 4 is 11.6 Å². The van der Waals surface area contributed by atoms with Gasteiger partial charge in [-0.05, 0) is 17.9 Å². The maximum absolute atomic E-state index is 11.1. The summed E-state index contributed by atoms with van der Waals surface area (Å²) in [6, 6.07) is 0. The third-order valence-corrected chi connectivity index (χ3v) is 2.51. The average molecular weight is 150 g/mol. The smallest absolute Gasteiger partial charge is 0.158 e. The summed E-state index contributed by atoms with van der Waals surface area (Å²) in [5.74, 6) is 0.833. The van der Waals surface area contributed by atoms with Crippen LogP contribution in [0.3, 0.4) is 0 Å². The summed E-state index contributed by atoms with van der Waals surface area (Å²) >= 11 is 0. The quantitative estimate of drug-likeness (QED) is 0.521. The lowest BCUT2D eigenvalue weighted by Gasteiger charge is -2.13. The molecule has 0 saturated heterocycles. The van der Waals surface area contributed by atoms with Crippen molar-refractivity contribution in [2.24, 2.45) is 5.92 Å². The van der Waals surface area contributed by atoms with E-state index in [4.69, 9.17) is 0 Å². The first kappa shape index (κ1) is 6.77. The van der Waals surface area contributed by atoms with Crippen molar-refractivity contribution in [1.82, 2.24) is 0 Å². The average Bonchev–Trinajstić information content (AvgIpc) is 2.32. The van der Waals surface area contributed by atoms with E-state index < -0.39 is 0 Å². The SMILES string of the molecule is O=C1CC=C2C(=O)CCC2C1. The molecule has 2 aliphatic rings. The first-order valence-electron chi connectivity index (χ1n) is 4.02. The van der Waals surface area contributed by atoms with E-state index in [2.05, 4.69) is 0 Å². The molecular weight excluding hydrogens is 140 g/mol. The van der Waals surface area contributed by atoms with Gasteiger partial charge in [-0.1, -0.05) is 6.08 Å². The highest BCUT2D eigenvalue weighted by molar-refractivity contribution is 6.01. The normalized spacial score (nSPS) is 30.2. The third kappa shape index (κ3) is 1.02. The number of carbonyl (C=O) groups is 2. The molecule has 0 aromatic heterocycles. The molecule has 1 unspecified atom stereocenters. The van der Waals surface area contributed by atoms with Gasteiger partial charge in [0, 0.05) is 19.3 Å². The molecule has 0 bridgehead atoms. The fourth-order valence-corrected chi connectivity index (χ4v) is 1.91. The van der Waals surface area contributed by atoms with Gasteiger partial charge in [0.05, 0.1) is 0 Å². The molecule has 0 spiro atoms. The molecule has 11 heavy (non-hydrogen) atoms. The van der Waals surface area contributed by atoms with Crippen LogP contribution in [0, 0.1) is 5.92 Å². The lowest BCUT2D eigenvalue weighted by atomic mass is 9.89. The molecule has 1 saturated carbocycles. The Kier molecular flexibility index (Phi) is 1.41. The minimum atomic E-state index is 0.266. The number of hydrogen-bond donors (Lipinski definition) is 0. The Morgan fingerprint density at radius 3 is 3.00 bits per heavy atom. The highest BCUT2D eigenvalue weighted by Gasteiger charge is 2.32. The van der Waals surface area contributed by atoms with E-state index in [0.29, 0.717) is 19.3 Å². The lowest BCUT2D eigenvalue weighted by molar-refractivity contribution is -0.119. The predicted molar refractivity (Wildman–Crippen MR) is 40.1 cm³/mol. The highest BCUT2D eigenvalue weighted by Crippen LogP contribution is 2.34. The molecule has 2 aliphatic carbocycles. The maximum atomic E-state index is 11.1. The molecule has 2 nitrogen and oxygen atoms in total. The van der Waals surface area contributed by atoms with E-state index in [0.717, 1.165) is 12.0 Å². The fourth-order valence-electron chi connectivity index (χ4n) is 1.91. The molecule has 0 aromatic carbocycles. The number of fused-ring (bicyclic) bond motifs is 1. The monoisotopic (exact) mass is 150 g/mol. The number of ketones is 2. The van der Waals surface area contributed by atoms with Gasteiger partial charge in [-0.2, -0.15) is 0 Å². The summed E-state index contributed by atoms with van der Waals surface area (Å²) < 4.78 is 0. The van der Waals surface area contributed by atoms with Gasteiger partial charge in [-0.15, -0.1) is 0 Å². The Labute approximate surface area is 65.3 Å². The topological polar surface area (TPSA) is 34.1 Å². The Balaban J connectivity index is 2.29. The zero-order valence-corrected chi connectivity index (χ0v) is 6.30. The molecule has 0 aromatic rings. The van der Waals surface area contributed by atoms with Crippen LogP contribution in [0.1, 0.15) is 25.7 Å². The van der Waals surface area contributed by atoms with Crippen LogP contribution in [-0.2, 0) is 9.59 Å². The zero-order valence-electron chi connectivity index (χ0n) is 6.30. The summed E-state index contributed by atoms with van der Waals surface area (Å²) in [5, 5.41) is 0. The zero-order chi connectivity index (χ0) is 7.84. The van der Waals surface area contributed by atoms with Crippen LogP contribution in [0.25, 0.3) is 0 Å². The second-order valence-electron chi connectivity index (χ2n) is 3.27. The Morgan fingerprint density at radius 2 is 2.18 bits per heavy atom. The van der Waals surface area contributed by atoms with Crippen molar-refractivity contribution in [3.05, 3.63) is 11.6 Å². The largest absolute Gasteiger partial charge is 0.299 e. The summed E-state index contributed by atoms with van der Waals surface area (Å²) in [4.78, 5) is 22.1. The molecular formula is C9H10O2. The van der Waals surface area contributed by atoms with Gasteiger partial charge < -0.3 is 0 Å². The van der Waals surface area contributed by atoms with Crippen LogP contribution < -0.4 is 0 Å². The molecule has 0 heterocycles. The number of hydrogen-bond acceptors (Lipinski definition) is 2. The molecule has 58 valence electrons. The van der Waals surface area contributed by atoms with E-state index in [1.807, 2.05) is 6.08 Å². The van der Waals surface area contributed by atoms with Crippen LogP contribution >= 0.6 is 0 Å². The lowest BCUT2D eigenvalue weighted by Crippen LogP contribution is -2.13. The number of rotatable bonds is 0. The van der Waals surface area contributed by atoms with E-state index >= 15 is 0 Å². The third-order valence-electron chi connectivity index (χ3n) is 2.51. The van der Waals surface area contributed by atoms with Gasteiger partial charge >= 0.3 is 0 Å². The van der Waals surface area contributed by atoms with Gasteiger partial charge in [-0.3, -0.25) is 9.59 Å². The standard InChI is InChI=1S/C9H10O2/c10-7-2-3-8-6(5-7)1-4-9(8)11/h3,6H,1-2,4-5H2. The fraction of sp³-hybridized carbons (Fsp3) is 0.556. The molecule has 0 radical (unpaired) electrons. The number of Topliss-reactive ketones (excluding diaryl/α,β-unsaturated/α-hetero) is 2. The van der Waals surface area contributed by atoms with Crippen LogP contribution in [-0.4, -0.2) is 11.6 Å². The second-order valence-corrected chi connectivity index (χ2v) is 3.27. The predicted octanol–water partition coefficient (Wildman–Crippen LogP) is 1.25. The van der Waals surface area contributed by atoms with Crippen molar-refractivity contribution in [2.45, 2.75) is 25.7 Å². The Morgan fingerprint density at radius 1 is 1.36 bits per heavy atom. The molecule has 0 aliphatic heterocycles. The van der Waals surface area contributed by atoms with Crippen molar-refractivity contribution in [1.29, 1.82) is 0 Å². The molecule has 1 atom stereocenters. The molecule has 0 N–H and O–H groups in total. The molecule has 1 fully saturated rings. The summed E-state index contributed by atoms with van der Waals surface area (Å²) in [5.41, 5.74) is 0.935. The van der Waals surface area contributed by atoms with E-state index in [1.54, 1.807) is 0 Å². The first-order chi connectivity index (χ1) is 5.27. The van der Waals surface area contributed by atoms with E-state index in [9.17, 15) is 9.59 Å². The summed E-state index contributed by atoms with van der Waals surface area (Å²) in [6.07, 6.45) is 4.47. The van der Waals surface area contributed by atoms with Crippen molar-refractivity contribution < 1.29 is 9.59 Å². The van der Waals surface area contributed by atoms with Gasteiger partial charge in [-0.25, -0.2) is 0 Å². The minimum Gasteiger partial charge on any atom is -0.299 e. The maximum Gasteiger partial charge on any atom is 0.158 e. The van der Waals surface area contributed by atoms with Crippen molar-refractivity contribution in [3.63, 3.8) is 0 Å². The number of allylic oxidation sites excluding steroid dienone is 2. The van der Waals surface area contributed by atoms with Crippen molar-refractivity contribution in [2.75, 3.05) is 0 Å². The van der Waals surface area contributed by atoms with Crippen LogP contribution in [0.4, 0.5) is 0 Å². The molecule has 2 heteroatoms.